The summed E-state index contributed by atoms with van der Waals surface area (Å²) in [5, 5.41) is 0.623. The third-order valence-corrected chi connectivity index (χ3v) is 6.09. The van der Waals surface area contributed by atoms with Gasteiger partial charge in [-0.15, -0.1) is 0 Å². The molecule has 0 atom stereocenters. The Bertz CT molecular complexity index is 1190. The maximum absolute atomic E-state index is 13.6. The Morgan fingerprint density at radius 1 is 1.00 bits per heavy atom. The van der Waals surface area contributed by atoms with E-state index in [2.05, 4.69) is 11.9 Å². The molecule has 2 aromatic heterocycles. The molecular formula is C26H27N3O3S. The molecule has 4 aromatic rings. The molecule has 0 N–H and O–H groups in total. The van der Waals surface area contributed by atoms with Crippen molar-refractivity contribution in [1.29, 1.82) is 0 Å². The fourth-order valence-electron chi connectivity index (χ4n) is 3.33. The van der Waals surface area contributed by atoms with Crippen LogP contribution < -0.4 is 14.4 Å². The van der Waals surface area contributed by atoms with Crippen LogP contribution in [0.4, 0.5) is 5.13 Å². The molecular weight excluding hydrogens is 434 g/mol. The number of hydrogen-bond acceptors (Lipinski definition) is 6. The van der Waals surface area contributed by atoms with Gasteiger partial charge in [0.05, 0.1) is 35.7 Å². The van der Waals surface area contributed by atoms with Crippen LogP contribution in [-0.4, -0.2) is 29.1 Å². The van der Waals surface area contributed by atoms with Crippen LogP contribution >= 0.6 is 11.3 Å². The zero-order valence-electron chi connectivity index (χ0n) is 18.9. The van der Waals surface area contributed by atoms with Gasteiger partial charge >= 0.3 is 0 Å². The minimum Gasteiger partial charge on any atom is -0.494 e. The monoisotopic (exact) mass is 461 g/mol. The van der Waals surface area contributed by atoms with Gasteiger partial charge < -0.3 is 9.47 Å². The van der Waals surface area contributed by atoms with Gasteiger partial charge in [-0.25, -0.2) is 4.98 Å². The van der Waals surface area contributed by atoms with Crippen molar-refractivity contribution in [2.24, 2.45) is 0 Å². The Kier molecular flexibility index (Phi) is 7.52. The zero-order chi connectivity index (χ0) is 23.0. The summed E-state index contributed by atoms with van der Waals surface area (Å²) in [6.45, 7) is 5.67. The number of carbonyl (C=O) groups excluding carboxylic acids is 1. The van der Waals surface area contributed by atoms with E-state index in [4.69, 9.17) is 14.5 Å². The number of nitrogens with zero attached hydrogens (tertiary/aromatic N) is 3. The highest BCUT2D eigenvalue weighted by atomic mass is 32.1. The number of amides is 1. The summed E-state index contributed by atoms with van der Waals surface area (Å²) >= 11 is 1.47. The molecule has 0 radical (unpaired) electrons. The molecule has 0 unspecified atom stereocenters. The van der Waals surface area contributed by atoms with E-state index >= 15 is 0 Å². The number of aromatic nitrogens is 2. The lowest BCUT2D eigenvalue weighted by molar-refractivity contribution is 0.0984. The molecule has 0 fully saturated rings. The Morgan fingerprint density at radius 2 is 1.82 bits per heavy atom. The van der Waals surface area contributed by atoms with Crippen molar-refractivity contribution in [2.75, 3.05) is 18.1 Å². The first-order chi connectivity index (χ1) is 16.2. The highest BCUT2D eigenvalue weighted by molar-refractivity contribution is 7.22. The van der Waals surface area contributed by atoms with E-state index in [1.807, 2.05) is 55.5 Å². The van der Waals surface area contributed by atoms with Crippen molar-refractivity contribution in [2.45, 2.75) is 33.2 Å². The van der Waals surface area contributed by atoms with E-state index in [1.54, 1.807) is 23.2 Å². The van der Waals surface area contributed by atoms with Crippen molar-refractivity contribution in [3.05, 3.63) is 78.1 Å². The number of fused-ring (bicyclic) bond motifs is 1. The van der Waals surface area contributed by atoms with Crippen LogP contribution in [0.25, 0.3) is 10.2 Å². The van der Waals surface area contributed by atoms with E-state index in [-0.39, 0.29) is 5.91 Å². The summed E-state index contributed by atoms with van der Waals surface area (Å²) < 4.78 is 12.3. The van der Waals surface area contributed by atoms with Gasteiger partial charge in [-0.2, -0.15) is 0 Å². The summed E-state index contributed by atoms with van der Waals surface area (Å²) in [6.07, 6.45) is 3.81. The maximum atomic E-state index is 13.6. The Balaban J connectivity index is 1.63. The number of unbranched alkanes of at least 4 members (excludes halogenated alkanes) is 1. The molecule has 0 bridgehead atoms. The molecule has 2 heterocycles. The minimum absolute atomic E-state index is 0.134. The molecule has 1 amide bonds. The third kappa shape index (κ3) is 5.68. The average molecular weight is 462 g/mol. The second-order valence-corrected chi connectivity index (χ2v) is 8.51. The van der Waals surface area contributed by atoms with Crippen LogP contribution in [0.1, 0.15) is 42.7 Å². The third-order valence-electron chi connectivity index (χ3n) is 5.05. The number of rotatable bonds is 10. The smallest absolute Gasteiger partial charge is 0.260 e. The standard InChI is InChI=1S/C26H27N3O3S/c1-3-5-16-32-21-11-9-19(10-12-21)25(30)29(18-20-8-6-7-15-27-20)26-28-23-14-13-22(31-4-2)17-24(23)33-26/h6-15,17H,3-5,16,18H2,1-2H3. The first kappa shape index (κ1) is 22.7. The van der Waals surface area contributed by atoms with Crippen LogP contribution in [0.2, 0.25) is 0 Å². The lowest BCUT2D eigenvalue weighted by atomic mass is 10.2. The second-order valence-electron chi connectivity index (χ2n) is 7.50. The molecule has 0 saturated heterocycles. The van der Waals surface area contributed by atoms with Crippen LogP contribution in [-0.2, 0) is 6.54 Å². The largest absolute Gasteiger partial charge is 0.494 e. The Labute approximate surface area is 197 Å². The van der Waals surface area contributed by atoms with E-state index < -0.39 is 0 Å². The average Bonchev–Trinajstić information content (AvgIpc) is 3.27. The zero-order valence-corrected chi connectivity index (χ0v) is 19.7. The molecule has 0 aliphatic carbocycles. The molecule has 7 heteroatoms. The first-order valence-electron chi connectivity index (χ1n) is 11.2. The Morgan fingerprint density at radius 3 is 2.55 bits per heavy atom. The van der Waals surface area contributed by atoms with Gasteiger partial charge in [0.15, 0.2) is 5.13 Å². The number of carbonyl (C=O) groups is 1. The molecule has 0 aliphatic rings. The number of hydrogen-bond donors (Lipinski definition) is 0. The summed E-state index contributed by atoms with van der Waals surface area (Å²) in [7, 11) is 0. The molecule has 170 valence electrons. The van der Waals surface area contributed by atoms with Gasteiger partial charge in [0, 0.05) is 11.8 Å². The topological polar surface area (TPSA) is 64.5 Å². The molecule has 33 heavy (non-hydrogen) atoms. The number of anilines is 1. The molecule has 0 aliphatic heterocycles. The second kappa shape index (κ2) is 10.9. The minimum atomic E-state index is -0.134. The summed E-state index contributed by atoms with van der Waals surface area (Å²) in [6, 6.07) is 18.8. The van der Waals surface area contributed by atoms with Gasteiger partial charge in [0.25, 0.3) is 5.91 Å². The van der Waals surface area contributed by atoms with Crippen molar-refractivity contribution >= 4 is 32.6 Å². The van der Waals surface area contributed by atoms with E-state index in [0.29, 0.717) is 30.5 Å². The normalized spacial score (nSPS) is 10.8. The number of thiazole rings is 1. The first-order valence-corrected chi connectivity index (χ1v) is 12.0. The van der Waals surface area contributed by atoms with Crippen LogP contribution in [0.3, 0.4) is 0 Å². The molecule has 2 aromatic carbocycles. The van der Waals surface area contributed by atoms with E-state index in [1.165, 1.54) is 11.3 Å². The van der Waals surface area contributed by atoms with Crippen molar-refractivity contribution < 1.29 is 14.3 Å². The van der Waals surface area contributed by atoms with Crippen molar-refractivity contribution in [3.8, 4) is 11.5 Å². The highest BCUT2D eigenvalue weighted by Gasteiger charge is 2.22. The van der Waals surface area contributed by atoms with Crippen LogP contribution in [0, 0.1) is 0 Å². The quantitative estimate of drug-likeness (QED) is 0.266. The predicted octanol–water partition coefficient (Wildman–Crippen LogP) is 6.12. The van der Waals surface area contributed by atoms with Crippen LogP contribution in [0.15, 0.2) is 66.9 Å². The van der Waals surface area contributed by atoms with Crippen molar-refractivity contribution in [1.82, 2.24) is 9.97 Å². The van der Waals surface area contributed by atoms with Gasteiger partial charge in [-0.05, 0) is 67.9 Å². The summed E-state index contributed by atoms with van der Waals surface area (Å²) in [5.41, 5.74) is 2.19. The predicted molar refractivity (Wildman–Crippen MR) is 132 cm³/mol. The van der Waals surface area contributed by atoms with E-state index in [9.17, 15) is 4.79 Å². The SMILES string of the molecule is CCCCOc1ccc(C(=O)N(Cc2ccccn2)c2nc3ccc(OCC)cc3s2)cc1. The molecule has 6 nitrogen and oxygen atoms in total. The summed E-state index contributed by atoms with van der Waals surface area (Å²) in [5.74, 6) is 1.42. The van der Waals surface area contributed by atoms with Gasteiger partial charge in [-0.3, -0.25) is 14.7 Å². The highest BCUT2D eigenvalue weighted by Crippen LogP contribution is 2.33. The van der Waals surface area contributed by atoms with Gasteiger partial charge in [0.1, 0.15) is 11.5 Å². The Hall–Kier alpha value is -3.45. The number of ether oxygens (including phenoxy) is 2. The fraction of sp³-hybridized carbons (Fsp3) is 0.269. The number of benzene rings is 2. The molecule has 0 spiro atoms. The van der Waals surface area contributed by atoms with Gasteiger partial charge in [-0.1, -0.05) is 30.7 Å². The summed E-state index contributed by atoms with van der Waals surface area (Å²) in [4.78, 5) is 24.4. The molecule has 4 rings (SSSR count). The number of pyridine rings is 1. The molecule has 0 saturated carbocycles. The maximum Gasteiger partial charge on any atom is 0.260 e. The van der Waals surface area contributed by atoms with Crippen LogP contribution in [0.5, 0.6) is 11.5 Å². The van der Waals surface area contributed by atoms with E-state index in [0.717, 1.165) is 40.3 Å². The fourth-order valence-corrected chi connectivity index (χ4v) is 4.32. The van der Waals surface area contributed by atoms with Crippen molar-refractivity contribution in [3.63, 3.8) is 0 Å². The van der Waals surface area contributed by atoms with Gasteiger partial charge in [0.2, 0.25) is 0 Å². The lowest BCUT2D eigenvalue weighted by Gasteiger charge is -2.19. The lowest BCUT2D eigenvalue weighted by Crippen LogP contribution is -2.30.